The van der Waals surface area contributed by atoms with Gasteiger partial charge in [0.05, 0.1) is 15.9 Å². The third kappa shape index (κ3) is 3.57. The first-order chi connectivity index (χ1) is 9.24. The van der Waals surface area contributed by atoms with Gasteiger partial charge in [-0.1, -0.05) is 11.8 Å². The quantitative estimate of drug-likeness (QED) is 0.831. The lowest BCUT2D eigenvalue weighted by atomic mass is 10.1. The molecule has 1 saturated heterocycles. The number of ether oxygens (including phenoxy) is 1. The van der Waals surface area contributed by atoms with E-state index in [4.69, 9.17) is 9.84 Å². The molecule has 0 bridgehead atoms. The third-order valence-corrected chi connectivity index (χ3v) is 4.09. The predicted octanol–water partition coefficient (Wildman–Crippen LogP) is 1.34. The molecule has 0 aliphatic carbocycles. The minimum absolute atomic E-state index is 0.0452. The number of aliphatic hydroxyl groups excluding tert-OH is 1. The van der Waals surface area contributed by atoms with Crippen LogP contribution in [0.5, 0.6) is 0 Å². The van der Waals surface area contributed by atoms with Gasteiger partial charge in [0.25, 0.3) is 5.91 Å². The number of aliphatic hydroxyl groups is 1. The molecule has 1 amide bonds. The predicted molar refractivity (Wildman–Crippen MR) is 74.2 cm³/mol. The summed E-state index contributed by atoms with van der Waals surface area (Å²) in [7, 11) is 1.69. The lowest BCUT2D eigenvalue weighted by Crippen LogP contribution is -2.42. The standard InChI is InChI=1S/C14H17NO3S/c1-18-11-4-2-8-15(10-11)14(17)13-7-6-12(19-13)5-3-9-16/h6-7,11,16H,2,4,8-10H2,1H3. The smallest absolute Gasteiger partial charge is 0.264 e. The third-order valence-electron chi connectivity index (χ3n) is 3.11. The first-order valence-corrected chi connectivity index (χ1v) is 7.08. The van der Waals surface area contributed by atoms with Gasteiger partial charge < -0.3 is 14.7 Å². The number of thiophene rings is 1. The largest absolute Gasteiger partial charge is 0.384 e. The molecule has 1 atom stereocenters. The molecule has 0 aromatic carbocycles. The second-order valence-electron chi connectivity index (χ2n) is 4.37. The Balaban J connectivity index is 2.04. The van der Waals surface area contributed by atoms with Gasteiger partial charge >= 0.3 is 0 Å². The van der Waals surface area contributed by atoms with Gasteiger partial charge in [0.2, 0.25) is 0 Å². The van der Waals surface area contributed by atoms with Crippen LogP contribution in [0.25, 0.3) is 0 Å². The fourth-order valence-electron chi connectivity index (χ4n) is 2.12. The highest BCUT2D eigenvalue weighted by molar-refractivity contribution is 7.14. The van der Waals surface area contributed by atoms with Crippen LogP contribution in [0.1, 0.15) is 27.4 Å². The summed E-state index contributed by atoms with van der Waals surface area (Å²) in [6.45, 7) is 1.28. The average molecular weight is 279 g/mol. The van der Waals surface area contributed by atoms with Crippen LogP contribution in [0, 0.1) is 11.8 Å². The Kier molecular flexibility index (Phi) is 4.97. The molecule has 0 saturated carbocycles. The summed E-state index contributed by atoms with van der Waals surface area (Å²) in [6, 6.07) is 3.61. The maximum atomic E-state index is 12.3. The van der Waals surface area contributed by atoms with Crippen LogP contribution < -0.4 is 0 Å². The van der Waals surface area contributed by atoms with E-state index in [1.54, 1.807) is 13.2 Å². The van der Waals surface area contributed by atoms with Gasteiger partial charge in [-0.15, -0.1) is 11.3 Å². The van der Waals surface area contributed by atoms with Crippen molar-refractivity contribution in [2.75, 3.05) is 26.8 Å². The minimum Gasteiger partial charge on any atom is -0.384 e. The molecule has 1 aliphatic rings. The number of hydrogen-bond donors (Lipinski definition) is 1. The number of rotatable bonds is 2. The van der Waals surface area contributed by atoms with Gasteiger partial charge in [0.1, 0.15) is 6.61 Å². The van der Waals surface area contributed by atoms with Crippen molar-refractivity contribution in [1.29, 1.82) is 0 Å². The monoisotopic (exact) mass is 279 g/mol. The molecule has 1 N–H and O–H groups in total. The van der Waals surface area contributed by atoms with E-state index in [1.165, 1.54) is 11.3 Å². The van der Waals surface area contributed by atoms with Gasteiger partial charge in [-0.05, 0) is 25.0 Å². The van der Waals surface area contributed by atoms with Crippen molar-refractivity contribution in [3.63, 3.8) is 0 Å². The zero-order valence-electron chi connectivity index (χ0n) is 10.9. The van der Waals surface area contributed by atoms with Crippen molar-refractivity contribution in [3.8, 4) is 11.8 Å². The number of methoxy groups -OCH3 is 1. The highest BCUT2D eigenvalue weighted by Crippen LogP contribution is 2.20. The number of hydrogen-bond acceptors (Lipinski definition) is 4. The molecule has 1 fully saturated rings. The van der Waals surface area contributed by atoms with Crippen LogP contribution in [0.4, 0.5) is 0 Å². The Morgan fingerprint density at radius 1 is 1.63 bits per heavy atom. The molecule has 2 rings (SSSR count). The summed E-state index contributed by atoms with van der Waals surface area (Å²) in [5.74, 6) is 5.44. The van der Waals surface area contributed by atoms with Crippen molar-refractivity contribution in [2.45, 2.75) is 18.9 Å². The second-order valence-corrected chi connectivity index (χ2v) is 5.46. The first-order valence-electron chi connectivity index (χ1n) is 6.26. The van der Waals surface area contributed by atoms with Crippen LogP contribution in [0.3, 0.4) is 0 Å². The normalized spacial score (nSPS) is 18.8. The molecule has 1 aromatic rings. The summed E-state index contributed by atoms with van der Waals surface area (Å²) in [6.07, 6.45) is 2.14. The molecule has 1 aromatic heterocycles. The molecular weight excluding hydrogens is 262 g/mol. The lowest BCUT2D eigenvalue weighted by Gasteiger charge is -2.31. The molecule has 0 spiro atoms. The SMILES string of the molecule is COC1CCCN(C(=O)c2ccc(C#CCO)s2)C1. The fourth-order valence-corrected chi connectivity index (χ4v) is 2.97. The molecule has 1 unspecified atom stereocenters. The second kappa shape index (κ2) is 6.71. The molecular formula is C14H17NO3S. The van der Waals surface area contributed by atoms with Crippen LogP contribution >= 0.6 is 11.3 Å². The van der Waals surface area contributed by atoms with Crippen molar-refractivity contribution in [3.05, 3.63) is 21.9 Å². The molecule has 1 aliphatic heterocycles. The van der Waals surface area contributed by atoms with Gasteiger partial charge in [-0.2, -0.15) is 0 Å². The molecule has 19 heavy (non-hydrogen) atoms. The highest BCUT2D eigenvalue weighted by atomic mass is 32.1. The van der Waals surface area contributed by atoms with Gasteiger partial charge in [0.15, 0.2) is 0 Å². The Bertz CT molecular complexity index is 500. The van der Waals surface area contributed by atoms with E-state index in [0.717, 1.165) is 24.3 Å². The van der Waals surface area contributed by atoms with Crippen molar-refractivity contribution in [2.24, 2.45) is 0 Å². The molecule has 4 nitrogen and oxygen atoms in total. The zero-order valence-corrected chi connectivity index (χ0v) is 11.7. The van der Waals surface area contributed by atoms with Crippen LogP contribution in [0.2, 0.25) is 0 Å². The summed E-state index contributed by atoms with van der Waals surface area (Å²) < 4.78 is 5.33. The Morgan fingerprint density at radius 3 is 3.21 bits per heavy atom. The number of likely N-dealkylation sites (tertiary alicyclic amines) is 1. The zero-order chi connectivity index (χ0) is 13.7. The van der Waals surface area contributed by atoms with Crippen molar-refractivity contribution < 1.29 is 14.6 Å². The van der Waals surface area contributed by atoms with E-state index >= 15 is 0 Å². The van der Waals surface area contributed by atoms with Crippen molar-refractivity contribution >= 4 is 17.2 Å². The first kappa shape index (κ1) is 14.1. The fraction of sp³-hybridized carbons (Fsp3) is 0.500. The van der Waals surface area contributed by atoms with Crippen LogP contribution in [-0.4, -0.2) is 48.8 Å². The summed E-state index contributed by atoms with van der Waals surface area (Å²) in [4.78, 5) is 15.7. The molecule has 5 heteroatoms. The van der Waals surface area contributed by atoms with Gasteiger partial charge in [-0.25, -0.2) is 0 Å². The number of carbonyl (C=O) groups excluding carboxylic acids is 1. The maximum Gasteiger partial charge on any atom is 0.264 e. The van der Waals surface area contributed by atoms with Gasteiger partial charge in [0, 0.05) is 20.2 Å². The Labute approximate surface area is 117 Å². The summed E-state index contributed by atoms with van der Waals surface area (Å²) in [5, 5.41) is 8.65. The maximum absolute atomic E-state index is 12.3. The van der Waals surface area contributed by atoms with Gasteiger partial charge in [-0.3, -0.25) is 4.79 Å². The van der Waals surface area contributed by atoms with Crippen LogP contribution in [-0.2, 0) is 4.74 Å². The van der Waals surface area contributed by atoms with E-state index < -0.39 is 0 Å². The lowest BCUT2D eigenvalue weighted by molar-refractivity contribution is 0.0271. The molecule has 0 radical (unpaired) electrons. The number of amides is 1. The van der Waals surface area contributed by atoms with E-state index in [0.29, 0.717) is 11.4 Å². The number of carbonyl (C=O) groups is 1. The average Bonchev–Trinajstić information content (AvgIpc) is 2.93. The van der Waals surface area contributed by atoms with Crippen LogP contribution in [0.15, 0.2) is 12.1 Å². The minimum atomic E-state index is -0.164. The number of nitrogens with zero attached hydrogens (tertiary/aromatic N) is 1. The summed E-state index contributed by atoms with van der Waals surface area (Å²) >= 11 is 1.37. The van der Waals surface area contributed by atoms with Crippen molar-refractivity contribution in [1.82, 2.24) is 4.90 Å². The summed E-state index contributed by atoms with van der Waals surface area (Å²) in [5.41, 5.74) is 0. The molecule has 2 heterocycles. The highest BCUT2D eigenvalue weighted by Gasteiger charge is 2.24. The Hall–Kier alpha value is -1.35. The Morgan fingerprint density at radius 2 is 2.47 bits per heavy atom. The van der Waals surface area contributed by atoms with E-state index in [9.17, 15) is 4.79 Å². The van der Waals surface area contributed by atoms with E-state index in [2.05, 4.69) is 11.8 Å². The molecule has 102 valence electrons. The van der Waals surface area contributed by atoms with E-state index in [-0.39, 0.29) is 18.6 Å². The van der Waals surface area contributed by atoms with E-state index in [1.807, 2.05) is 11.0 Å². The number of piperidine rings is 1. The topological polar surface area (TPSA) is 49.8 Å².